The zero-order chi connectivity index (χ0) is 28.1. The third-order valence-electron chi connectivity index (χ3n) is 5.86. The molecule has 1 aliphatic heterocycles. The first-order valence-electron chi connectivity index (χ1n) is 12.6. The number of ether oxygens (including phenoxy) is 2. The number of esters is 1. The van der Waals surface area contributed by atoms with Gasteiger partial charge in [-0.25, -0.2) is 14.0 Å². The first-order valence-corrected chi connectivity index (χ1v) is 12.6. The largest absolute Gasteiger partial charge is 0.458 e. The van der Waals surface area contributed by atoms with Gasteiger partial charge in [-0.1, -0.05) is 18.2 Å². The van der Waals surface area contributed by atoms with Crippen molar-refractivity contribution in [1.29, 1.82) is 0 Å². The first kappa shape index (κ1) is 30.1. The van der Waals surface area contributed by atoms with Crippen LogP contribution in [-0.2, 0) is 23.9 Å². The number of alkyl carbamates (subject to hydrolysis) is 1. The number of nitrogens with zero attached hydrogens (tertiary/aromatic N) is 2. The van der Waals surface area contributed by atoms with Crippen LogP contribution in [-0.4, -0.2) is 70.6 Å². The van der Waals surface area contributed by atoms with Crippen molar-refractivity contribution >= 4 is 23.9 Å². The Hall–Kier alpha value is -3.17. The average Bonchev–Trinajstić information content (AvgIpc) is 3.17. The predicted molar refractivity (Wildman–Crippen MR) is 136 cm³/mol. The van der Waals surface area contributed by atoms with E-state index >= 15 is 4.39 Å². The summed E-state index contributed by atoms with van der Waals surface area (Å²) in [7, 11) is 0. The smallest absolute Gasteiger partial charge is 0.408 e. The number of halogens is 1. The number of benzene rings is 1. The Balaban J connectivity index is 2.54. The second-order valence-corrected chi connectivity index (χ2v) is 11.0. The standard InChI is InChI=1S/C27H40FN3O6/c1-9-30(10-2)23(33)18-15-20(24(34)36-26(3,4)5)31(22(18)17-13-11-12-14-19(17)28)21(32)16-29-25(35)37-27(6,7)8/h11-14,18,20,22H,9-10,15-16H2,1-8H3,(H,29,35). The molecule has 0 aromatic heterocycles. The normalized spacial score (nSPS) is 19.8. The van der Waals surface area contributed by atoms with Gasteiger partial charge >= 0.3 is 12.1 Å². The van der Waals surface area contributed by atoms with Crippen molar-refractivity contribution in [2.75, 3.05) is 19.6 Å². The van der Waals surface area contributed by atoms with Gasteiger partial charge in [0.05, 0.1) is 12.0 Å². The van der Waals surface area contributed by atoms with Crippen molar-refractivity contribution in [3.63, 3.8) is 0 Å². The maximum Gasteiger partial charge on any atom is 0.408 e. The molecule has 9 nitrogen and oxygen atoms in total. The molecule has 1 aromatic rings. The van der Waals surface area contributed by atoms with E-state index in [1.165, 1.54) is 23.1 Å². The van der Waals surface area contributed by atoms with Crippen LogP contribution in [0.2, 0.25) is 0 Å². The summed E-state index contributed by atoms with van der Waals surface area (Å²) in [5.41, 5.74) is -1.52. The van der Waals surface area contributed by atoms with Crippen LogP contribution in [0.3, 0.4) is 0 Å². The summed E-state index contributed by atoms with van der Waals surface area (Å²) in [5, 5.41) is 2.41. The number of rotatable bonds is 7. The quantitative estimate of drug-likeness (QED) is 0.547. The van der Waals surface area contributed by atoms with E-state index in [1.807, 2.05) is 13.8 Å². The molecule has 0 spiro atoms. The molecule has 0 aliphatic carbocycles. The van der Waals surface area contributed by atoms with Crippen molar-refractivity contribution in [2.45, 2.75) is 85.1 Å². The lowest BCUT2D eigenvalue weighted by molar-refractivity contribution is -0.164. The van der Waals surface area contributed by atoms with Crippen LogP contribution in [0.4, 0.5) is 9.18 Å². The van der Waals surface area contributed by atoms with Crippen LogP contribution >= 0.6 is 0 Å². The minimum atomic E-state index is -1.15. The molecule has 2 rings (SSSR count). The van der Waals surface area contributed by atoms with Crippen molar-refractivity contribution in [3.8, 4) is 0 Å². The van der Waals surface area contributed by atoms with Crippen molar-refractivity contribution in [3.05, 3.63) is 35.6 Å². The molecule has 3 amide bonds. The molecule has 1 heterocycles. The molecular weight excluding hydrogens is 481 g/mol. The maximum atomic E-state index is 15.1. The molecule has 0 saturated carbocycles. The number of nitrogens with one attached hydrogen (secondary N) is 1. The summed E-state index contributed by atoms with van der Waals surface area (Å²) in [6.45, 7) is 14.1. The summed E-state index contributed by atoms with van der Waals surface area (Å²) in [4.78, 5) is 55.4. The van der Waals surface area contributed by atoms with Gasteiger partial charge in [-0.2, -0.15) is 0 Å². The number of carbonyl (C=O) groups is 4. The van der Waals surface area contributed by atoms with Gasteiger partial charge in [-0.15, -0.1) is 0 Å². The third kappa shape index (κ3) is 7.90. The Morgan fingerprint density at radius 1 is 1.00 bits per heavy atom. The molecule has 10 heteroatoms. The van der Waals surface area contributed by atoms with E-state index < -0.39 is 59.5 Å². The van der Waals surface area contributed by atoms with Crippen molar-refractivity contribution < 1.29 is 33.0 Å². The maximum absolute atomic E-state index is 15.1. The predicted octanol–water partition coefficient (Wildman–Crippen LogP) is 3.82. The van der Waals surface area contributed by atoms with E-state index in [0.29, 0.717) is 13.1 Å². The van der Waals surface area contributed by atoms with E-state index in [9.17, 15) is 19.2 Å². The monoisotopic (exact) mass is 521 g/mol. The second kappa shape index (κ2) is 11.9. The highest BCUT2D eigenvalue weighted by Gasteiger charge is 2.52. The third-order valence-corrected chi connectivity index (χ3v) is 5.86. The average molecular weight is 522 g/mol. The van der Waals surface area contributed by atoms with Crippen LogP contribution in [0, 0.1) is 11.7 Å². The van der Waals surface area contributed by atoms with E-state index in [2.05, 4.69) is 5.32 Å². The molecule has 1 fully saturated rings. The zero-order valence-electron chi connectivity index (χ0n) is 23.1. The molecule has 0 bridgehead atoms. The lowest BCUT2D eigenvalue weighted by Gasteiger charge is -2.33. The molecular formula is C27H40FN3O6. The Morgan fingerprint density at radius 3 is 2.08 bits per heavy atom. The first-order chi connectivity index (χ1) is 17.1. The van der Waals surface area contributed by atoms with Crippen LogP contribution in [0.15, 0.2) is 24.3 Å². The molecule has 3 unspecified atom stereocenters. The van der Waals surface area contributed by atoms with E-state index in [4.69, 9.17) is 9.47 Å². The molecule has 206 valence electrons. The van der Waals surface area contributed by atoms with Gasteiger partial charge < -0.3 is 24.6 Å². The Morgan fingerprint density at radius 2 is 1.57 bits per heavy atom. The van der Waals surface area contributed by atoms with Crippen LogP contribution in [0.25, 0.3) is 0 Å². The van der Waals surface area contributed by atoms with Crippen LogP contribution in [0.5, 0.6) is 0 Å². The summed E-state index contributed by atoms with van der Waals surface area (Å²) in [5.74, 6) is -3.14. The van der Waals surface area contributed by atoms with Gasteiger partial charge in [0, 0.05) is 18.7 Å². The molecule has 1 aromatic carbocycles. The van der Waals surface area contributed by atoms with Gasteiger partial charge in [0.25, 0.3) is 0 Å². The number of hydrogen-bond donors (Lipinski definition) is 1. The molecule has 1 saturated heterocycles. The fraction of sp³-hybridized carbons (Fsp3) is 0.630. The minimum Gasteiger partial charge on any atom is -0.458 e. The number of carbonyl (C=O) groups excluding carboxylic acids is 4. The molecule has 3 atom stereocenters. The van der Waals surface area contributed by atoms with Gasteiger partial charge in [-0.05, 0) is 67.9 Å². The Kier molecular flexibility index (Phi) is 9.68. The van der Waals surface area contributed by atoms with E-state index in [1.54, 1.807) is 52.5 Å². The summed E-state index contributed by atoms with van der Waals surface area (Å²) in [6.07, 6.45) is -0.853. The fourth-order valence-electron chi connectivity index (χ4n) is 4.42. The lowest BCUT2D eigenvalue weighted by Crippen LogP contribution is -2.49. The minimum absolute atomic E-state index is 0.0403. The van der Waals surface area contributed by atoms with E-state index in [0.717, 1.165) is 0 Å². The fourth-order valence-corrected chi connectivity index (χ4v) is 4.42. The van der Waals surface area contributed by atoms with Gasteiger partial charge in [0.15, 0.2) is 0 Å². The highest BCUT2D eigenvalue weighted by Crippen LogP contribution is 2.43. The lowest BCUT2D eigenvalue weighted by atomic mass is 9.91. The molecule has 1 aliphatic rings. The summed E-state index contributed by atoms with van der Waals surface area (Å²) in [6, 6.07) is 3.65. The molecule has 1 N–H and O–H groups in total. The number of hydrogen-bond acceptors (Lipinski definition) is 6. The highest BCUT2D eigenvalue weighted by atomic mass is 19.1. The topological polar surface area (TPSA) is 105 Å². The van der Waals surface area contributed by atoms with Crippen LogP contribution in [0.1, 0.15) is 73.4 Å². The van der Waals surface area contributed by atoms with E-state index in [-0.39, 0.29) is 17.9 Å². The summed E-state index contributed by atoms with van der Waals surface area (Å²) >= 11 is 0. The number of likely N-dealkylation sites (tertiary alicyclic amines) is 1. The highest BCUT2D eigenvalue weighted by molar-refractivity contribution is 5.91. The van der Waals surface area contributed by atoms with Crippen LogP contribution < -0.4 is 5.32 Å². The Bertz CT molecular complexity index is 997. The number of amides is 3. The second-order valence-electron chi connectivity index (χ2n) is 11.0. The SMILES string of the molecule is CCN(CC)C(=O)C1CC(C(=O)OC(C)(C)C)N(C(=O)CNC(=O)OC(C)(C)C)C1c1ccccc1F. The van der Waals surface area contributed by atoms with Crippen molar-refractivity contribution in [2.24, 2.45) is 5.92 Å². The van der Waals surface area contributed by atoms with Gasteiger partial charge in [-0.3, -0.25) is 9.59 Å². The molecule has 37 heavy (non-hydrogen) atoms. The van der Waals surface area contributed by atoms with Crippen molar-refractivity contribution in [1.82, 2.24) is 15.1 Å². The zero-order valence-corrected chi connectivity index (χ0v) is 23.1. The van der Waals surface area contributed by atoms with Gasteiger partial charge in [0.1, 0.15) is 29.6 Å². The summed E-state index contributed by atoms with van der Waals surface area (Å²) < 4.78 is 25.9. The Labute approximate surface area is 218 Å². The van der Waals surface area contributed by atoms with Gasteiger partial charge in [0.2, 0.25) is 11.8 Å². The molecule has 0 radical (unpaired) electrons.